The molecule has 40 heavy (non-hydrogen) atoms. The molecule has 0 aliphatic heterocycles. The van der Waals surface area contributed by atoms with Gasteiger partial charge in [-0.2, -0.15) is 18.3 Å². The lowest BCUT2D eigenvalue weighted by molar-refractivity contribution is -0.175. The number of hydrogen-bond acceptors (Lipinski definition) is 5. The molecule has 1 fully saturated rings. The molecule has 1 aromatic heterocycles. The van der Waals surface area contributed by atoms with Gasteiger partial charge in [0, 0.05) is 18.0 Å². The SMILES string of the molecule is Cc1c(C(=O)N[C@H](C(=O)CC2CCC[C@@H](C(=O)N[C@H](C(=O)C(F)(F)F)C(C)C)CC2)C(C)C)cnn1C(C)(C)C. The fourth-order valence-corrected chi connectivity index (χ4v) is 5.39. The topological polar surface area (TPSA) is 110 Å². The molecule has 1 unspecified atom stereocenters. The maximum absolute atomic E-state index is 13.3. The molecule has 0 saturated heterocycles. The Kier molecular flexibility index (Phi) is 11.1. The Labute approximate surface area is 235 Å². The van der Waals surface area contributed by atoms with Crippen molar-refractivity contribution in [2.24, 2.45) is 23.7 Å². The van der Waals surface area contributed by atoms with E-state index in [0.717, 1.165) is 0 Å². The van der Waals surface area contributed by atoms with Gasteiger partial charge in [0.15, 0.2) is 5.78 Å². The standard InChI is InChI=1S/C29H45F3N4O4/c1-16(2)23(34-27(40)21-15-33-36(18(21)5)28(6,7)8)22(37)14-19-10-9-11-20(13-12-19)26(39)35-24(17(3)4)25(38)29(30,31)32/h15-17,19-20,23-24H,9-14H2,1-8H3,(H,34,40)(H,35,39)/t19?,20-,23+,24+/m1/s1. The van der Waals surface area contributed by atoms with Gasteiger partial charge in [0.05, 0.1) is 29.4 Å². The molecule has 1 heterocycles. The molecule has 0 aromatic carbocycles. The Morgan fingerprint density at radius 2 is 1.55 bits per heavy atom. The van der Waals surface area contributed by atoms with Crippen molar-refractivity contribution in [2.75, 3.05) is 0 Å². The first kappa shape index (κ1) is 33.5. The number of ketones is 2. The second kappa shape index (κ2) is 13.3. The predicted octanol–water partition coefficient (Wildman–Crippen LogP) is 5.13. The smallest absolute Gasteiger partial charge is 0.345 e. The van der Waals surface area contributed by atoms with E-state index in [2.05, 4.69) is 15.7 Å². The number of carbonyl (C=O) groups is 4. The third-order valence-electron chi connectivity index (χ3n) is 7.67. The summed E-state index contributed by atoms with van der Waals surface area (Å²) in [5, 5.41) is 9.57. The number of aromatic nitrogens is 2. The molecular weight excluding hydrogens is 525 g/mol. The number of alkyl halides is 3. The van der Waals surface area contributed by atoms with Crippen LogP contribution in [-0.2, 0) is 19.9 Å². The van der Waals surface area contributed by atoms with Crippen molar-refractivity contribution < 1.29 is 32.3 Å². The first-order valence-corrected chi connectivity index (χ1v) is 14.1. The quantitative estimate of drug-likeness (QED) is 0.379. The van der Waals surface area contributed by atoms with Crippen molar-refractivity contribution in [3.8, 4) is 0 Å². The Hall–Kier alpha value is -2.72. The van der Waals surface area contributed by atoms with Crippen LogP contribution in [0.3, 0.4) is 0 Å². The van der Waals surface area contributed by atoms with Crippen LogP contribution in [0.1, 0.15) is 103 Å². The summed E-state index contributed by atoms with van der Waals surface area (Å²) in [4.78, 5) is 51.0. The zero-order chi connectivity index (χ0) is 30.6. The molecule has 1 aliphatic carbocycles. The number of nitrogens with one attached hydrogen (secondary N) is 2. The number of rotatable bonds is 10. The normalized spacial score (nSPS) is 20.1. The number of amides is 2. The van der Waals surface area contributed by atoms with Gasteiger partial charge in [0.25, 0.3) is 11.7 Å². The minimum atomic E-state index is -5.02. The van der Waals surface area contributed by atoms with E-state index in [9.17, 15) is 32.3 Å². The minimum absolute atomic E-state index is 0.00784. The molecule has 4 atom stereocenters. The first-order valence-electron chi connectivity index (χ1n) is 14.1. The van der Waals surface area contributed by atoms with Gasteiger partial charge in [-0.1, -0.05) is 34.1 Å². The Balaban J connectivity index is 2.02. The summed E-state index contributed by atoms with van der Waals surface area (Å²) in [6.07, 6.45) is -0.494. The maximum atomic E-state index is 13.3. The molecule has 8 nitrogen and oxygen atoms in total. The lowest BCUT2D eigenvalue weighted by Crippen LogP contribution is -2.51. The second-order valence-corrected chi connectivity index (χ2v) is 12.8. The summed E-state index contributed by atoms with van der Waals surface area (Å²) in [5.41, 5.74) is 0.832. The molecular formula is C29H45F3N4O4. The van der Waals surface area contributed by atoms with E-state index < -0.39 is 41.8 Å². The van der Waals surface area contributed by atoms with Crippen molar-refractivity contribution >= 4 is 23.4 Å². The average molecular weight is 571 g/mol. The monoisotopic (exact) mass is 570 g/mol. The van der Waals surface area contributed by atoms with Crippen LogP contribution in [0.15, 0.2) is 6.20 Å². The fraction of sp³-hybridized carbons (Fsp3) is 0.759. The van der Waals surface area contributed by atoms with Crippen LogP contribution in [0.25, 0.3) is 0 Å². The molecule has 2 amide bonds. The Morgan fingerprint density at radius 1 is 0.950 bits per heavy atom. The molecule has 0 bridgehead atoms. The highest BCUT2D eigenvalue weighted by Crippen LogP contribution is 2.31. The highest BCUT2D eigenvalue weighted by Gasteiger charge is 2.45. The fourth-order valence-electron chi connectivity index (χ4n) is 5.39. The number of halogens is 3. The lowest BCUT2D eigenvalue weighted by Gasteiger charge is -2.25. The van der Waals surface area contributed by atoms with E-state index in [1.54, 1.807) is 4.68 Å². The van der Waals surface area contributed by atoms with Crippen molar-refractivity contribution in [3.05, 3.63) is 17.5 Å². The summed E-state index contributed by atoms with van der Waals surface area (Å²) in [7, 11) is 0. The van der Waals surface area contributed by atoms with E-state index in [1.165, 1.54) is 20.0 Å². The lowest BCUT2D eigenvalue weighted by atomic mass is 9.88. The van der Waals surface area contributed by atoms with Gasteiger partial charge in [0.2, 0.25) is 5.91 Å². The molecule has 226 valence electrons. The molecule has 1 saturated carbocycles. The summed E-state index contributed by atoms with van der Waals surface area (Å²) in [5.74, 6) is -4.32. The second-order valence-electron chi connectivity index (χ2n) is 12.8. The van der Waals surface area contributed by atoms with E-state index >= 15 is 0 Å². The molecule has 1 aliphatic rings. The predicted molar refractivity (Wildman–Crippen MR) is 146 cm³/mol. The van der Waals surface area contributed by atoms with Crippen LogP contribution >= 0.6 is 0 Å². The summed E-state index contributed by atoms with van der Waals surface area (Å²) in [6.45, 7) is 14.4. The first-order chi connectivity index (χ1) is 18.3. The van der Waals surface area contributed by atoms with Crippen molar-refractivity contribution in [2.45, 2.75) is 118 Å². The molecule has 2 N–H and O–H groups in total. The molecule has 0 radical (unpaired) electrons. The van der Waals surface area contributed by atoms with Crippen molar-refractivity contribution in [3.63, 3.8) is 0 Å². The summed E-state index contributed by atoms with van der Waals surface area (Å²) < 4.78 is 40.7. The summed E-state index contributed by atoms with van der Waals surface area (Å²) >= 11 is 0. The molecule has 2 rings (SSSR count). The Morgan fingerprint density at radius 3 is 2.05 bits per heavy atom. The van der Waals surface area contributed by atoms with Gasteiger partial charge in [-0.3, -0.25) is 23.9 Å². The van der Waals surface area contributed by atoms with Gasteiger partial charge in [-0.05, 0) is 71.1 Å². The van der Waals surface area contributed by atoms with Crippen LogP contribution in [0.2, 0.25) is 0 Å². The number of hydrogen-bond donors (Lipinski definition) is 2. The molecule has 0 spiro atoms. The van der Waals surface area contributed by atoms with Crippen LogP contribution in [0.5, 0.6) is 0 Å². The highest BCUT2D eigenvalue weighted by molar-refractivity contribution is 5.98. The van der Waals surface area contributed by atoms with E-state index in [-0.39, 0.29) is 35.5 Å². The van der Waals surface area contributed by atoms with Gasteiger partial charge in [-0.15, -0.1) is 0 Å². The molecule has 11 heteroatoms. The van der Waals surface area contributed by atoms with Crippen molar-refractivity contribution in [1.82, 2.24) is 20.4 Å². The van der Waals surface area contributed by atoms with Crippen LogP contribution in [-0.4, -0.2) is 51.4 Å². The zero-order valence-electron chi connectivity index (χ0n) is 24.9. The van der Waals surface area contributed by atoms with Gasteiger partial charge < -0.3 is 10.6 Å². The van der Waals surface area contributed by atoms with E-state index in [1.807, 2.05) is 41.5 Å². The third-order valence-corrected chi connectivity index (χ3v) is 7.67. The maximum Gasteiger partial charge on any atom is 0.452 e. The molecule has 1 aromatic rings. The van der Waals surface area contributed by atoms with Gasteiger partial charge in [-0.25, -0.2) is 0 Å². The Bertz CT molecular complexity index is 1070. The summed E-state index contributed by atoms with van der Waals surface area (Å²) in [6, 6.07) is -2.31. The van der Waals surface area contributed by atoms with Gasteiger partial charge in [0.1, 0.15) is 0 Å². The number of Topliss-reactive ketones (excluding diaryl/α,β-unsaturated/α-hetero) is 2. The third kappa shape index (κ3) is 8.64. The van der Waals surface area contributed by atoms with Crippen LogP contribution in [0.4, 0.5) is 13.2 Å². The highest BCUT2D eigenvalue weighted by atomic mass is 19.4. The van der Waals surface area contributed by atoms with Crippen LogP contribution < -0.4 is 10.6 Å². The van der Waals surface area contributed by atoms with E-state index in [0.29, 0.717) is 43.4 Å². The van der Waals surface area contributed by atoms with E-state index in [4.69, 9.17) is 0 Å². The average Bonchev–Trinajstić information content (AvgIpc) is 3.07. The number of carbonyl (C=O) groups excluding carboxylic acids is 4. The minimum Gasteiger partial charge on any atom is -0.345 e. The zero-order valence-corrected chi connectivity index (χ0v) is 24.9. The van der Waals surface area contributed by atoms with Crippen LogP contribution in [0, 0.1) is 30.6 Å². The number of nitrogens with zero attached hydrogens (tertiary/aromatic N) is 2. The largest absolute Gasteiger partial charge is 0.452 e. The van der Waals surface area contributed by atoms with Gasteiger partial charge >= 0.3 is 6.18 Å². The van der Waals surface area contributed by atoms with Crippen molar-refractivity contribution in [1.29, 1.82) is 0 Å².